The molecule has 0 aliphatic carbocycles. The van der Waals surface area contributed by atoms with Crippen molar-refractivity contribution in [2.75, 3.05) is 5.32 Å². The Bertz CT molecular complexity index is 282. The third-order valence-corrected chi connectivity index (χ3v) is 1.97. The third-order valence-electron chi connectivity index (χ3n) is 1.97. The topological polar surface area (TPSA) is 29.1 Å². The normalized spacial score (nSPS) is 9.69. The Morgan fingerprint density at radius 3 is 2.38 bits per heavy atom. The number of anilines is 1. The number of aryl methyl sites for hydroxylation is 1. The minimum Gasteiger partial charge on any atom is -0.326 e. The zero-order valence-corrected chi connectivity index (χ0v) is 8.13. The van der Waals surface area contributed by atoms with Gasteiger partial charge in [-0.2, -0.15) is 0 Å². The molecule has 0 aromatic heterocycles. The third kappa shape index (κ3) is 2.90. The van der Waals surface area contributed by atoms with E-state index in [4.69, 9.17) is 0 Å². The number of nitrogens with one attached hydrogen (secondary N) is 1. The Morgan fingerprint density at radius 1 is 1.31 bits per heavy atom. The molecule has 13 heavy (non-hydrogen) atoms. The van der Waals surface area contributed by atoms with Gasteiger partial charge in [-0.05, 0) is 24.1 Å². The zero-order valence-electron chi connectivity index (χ0n) is 8.13. The monoisotopic (exact) mass is 179 g/mol. The molecule has 1 aromatic carbocycles. The average Bonchev–Trinajstić information content (AvgIpc) is 2.19. The van der Waals surface area contributed by atoms with Crippen LogP contribution in [-0.2, 0) is 11.2 Å². The summed E-state index contributed by atoms with van der Waals surface area (Å²) >= 11 is 0. The van der Waals surface area contributed by atoms with Crippen molar-refractivity contribution >= 4 is 11.6 Å². The first kappa shape index (κ1) is 9.78. The molecular formula is C11H17NO. The van der Waals surface area contributed by atoms with Gasteiger partial charge in [0.05, 0.1) is 0 Å². The summed E-state index contributed by atoms with van der Waals surface area (Å²) in [4.78, 5) is 11.0. The van der Waals surface area contributed by atoms with Crippen LogP contribution in [0, 0.1) is 0 Å². The van der Waals surface area contributed by atoms with Gasteiger partial charge in [0, 0.05) is 13.5 Å². The first-order chi connectivity index (χ1) is 6.26. The van der Waals surface area contributed by atoms with Crippen molar-refractivity contribution < 1.29 is 6.22 Å². The molecule has 1 N–H and O–H groups in total. The summed E-state index contributed by atoms with van der Waals surface area (Å²) in [6.45, 7) is 3.95. The average molecular weight is 179 g/mol. The van der Waals surface area contributed by atoms with Crippen LogP contribution in [0.2, 0.25) is 0 Å². The van der Waals surface area contributed by atoms with Crippen LogP contribution in [0.1, 0.15) is 27.3 Å². The van der Waals surface area contributed by atoms with E-state index >= 15 is 0 Å². The summed E-state index contributed by atoms with van der Waals surface area (Å²) in [6.07, 6.45) is 1.55. The smallest absolute Gasteiger partial charge is 0.224 e. The molecular weight excluding hydrogens is 162 g/mol. The van der Waals surface area contributed by atoms with Gasteiger partial charge < -0.3 is 5.32 Å². The maximum absolute atomic E-state index is 11.0. The van der Waals surface area contributed by atoms with Gasteiger partial charge in [0.1, 0.15) is 0 Å². The molecule has 0 radical (unpaired) electrons. The summed E-state index contributed by atoms with van der Waals surface area (Å²) < 4.78 is 0. The quantitative estimate of drug-likeness (QED) is 0.759. The molecule has 0 bridgehead atoms. The highest BCUT2D eigenvalue weighted by Gasteiger charge is 1.97. The van der Waals surface area contributed by atoms with Crippen LogP contribution in [0.3, 0.4) is 0 Å². The first-order valence-corrected chi connectivity index (χ1v) is 4.65. The molecule has 0 saturated carbocycles. The predicted molar refractivity (Wildman–Crippen MR) is 56.9 cm³/mol. The highest BCUT2D eigenvalue weighted by Crippen LogP contribution is 2.09. The van der Waals surface area contributed by atoms with Crippen LogP contribution in [0.15, 0.2) is 24.3 Å². The number of carbonyl (C=O) groups is 1. The summed E-state index contributed by atoms with van der Waals surface area (Å²) in [5.41, 5.74) is 2.17. The predicted octanol–water partition coefficient (Wildman–Crippen LogP) is 2.84. The van der Waals surface area contributed by atoms with Crippen LogP contribution >= 0.6 is 0 Å². The van der Waals surface area contributed by atoms with Gasteiger partial charge in [0.25, 0.3) is 0 Å². The minimum atomic E-state index is 0. The van der Waals surface area contributed by atoms with Crippen molar-refractivity contribution in [2.24, 2.45) is 0 Å². The van der Waals surface area contributed by atoms with Gasteiger partial charge in [-0.1, -0.05) is 26.0 Å². The first-order valence-electron chi connectivity index (χ1n) is 4.65. The fourth-order valence-electron chi connectivity index (χ4n) is 1.07. The lowest BCUT2D eigenvalue weighted by atomic mass is 10.1. The van der Waals surface area contributed by atoms with E-state index in [1.54, 1.807) is 0 Å². The Balaban J connectivity index is 0.00000169. The van der Waals surface area contributed by atoms with Gasteiger partial charge in [-0.3, -0.25) is 4.79 Å². The van der Waals surface area contributed by atoms with E-state index in [0.717, 1.165) is 12.1 Å². The second kappa shape index (κ2) is 4.65. The van der Waals surface area contributed by atoms with E-state index in [-0.39, 0.29) is 7.33 Å². The van der Waals surface area contributed by atoms with Gasteiger partial charge in [0.15, 0.2) is 0 Å². The van der Waals surface area contributed by atoms with E-state index in [0.29, 0.717) is 6.42 Å². The Kier molecular flexibility index (Phi) is 3.50. The second-order valence-corrected chi connectivity index (χ2v) is 2.95. The van der Waals surface area contributed by atoms with Crippen LogP contribution < -0.4 is 5.32 Å². The van der Waals surface area contributed by atoms with Crippen molar-refractivity contribution in [1.29, 1.82) is 0 Å². The fourth-order valence-corrected chi connectivity index (χ4v) is 1.07. The second-order valence-electron chi connectivity index (χ2n) is 2.95. The van der Waals surface area contributed by atoms with E-state index in [2.05, 4.69) is 12.2 Å². The molecule has 0 heterocycles. The van der Waals surface area contributed by atoms with Gasteiger partial charge in [-0.25, -0.2) is 0 Å². The summed E-state index contributed by atoms with van der Waals surface area (Å²) in [7, 11) is 0. The molecule has 0 fully saturated rings. The molecule has 0 aliphatic rings. The van der Waals surface area contributed by atoms with E-state index < -0.39 is 0 Å². The SMILES string of the molecule is CCC(=O)Nc1ccc(CC)cc1.[HH]. The highest BCUT2D eigenvalue weighted by molar-refractivity contribution is 5.90. The van der Waals surface area contributed by atoms with Gasteiger partial charge in [-0.15, -0.1) is 0 Å². The van der Waals surface area contributed by atoms with E-state index in [9.17, 15) is 4.79 Å². The molecule has 0 aliphatic heterocycles. The van der Waals surface area contributed by atoms with Crippen molar-refractivity contribution in [2.45, 2.75) is 26.7 Å². The zero-order chi connectivity index (χ0) is 9.68. The molecule has 0 unspecified atom stereocenters. The van der Waals surface area contributed by atoms with Crippen molar-refractivity contribution in [1.82, 2.24) is 0 Å². The molecule has 1 rings (SSSR count). The van der Waals surface area contributed by atoms with Crippen LogP contribution in [-0.4, -0.2) is 5.91 Å². The molecule has 0 saturated heterocycles. The molecule has 0 spiro atoms. The molecule has 0 atom stereocenters. The number of hydrogen-bond donors (Lipinski definition) is 1. The molecule has 1 amide bonds. The summed E-state index contributed by atoms with van der Waals surface area (Å²) in [6, 6.07) is 7.94. The van der Waals surface area contributed by atoms with Crippen LogP contribution in [0.25, 0.3) is 0 Å². The number of rotatable bonds is 3. The maximum atomic E-state index is 11.0. The van der Waals surface area contributed by atoms with Crippen molar-refractivity contribution in [3.63, 3.8) is 0 Å². The number of carbonyl (C=O) groups excluding carboxylic acids is 1. The van der Waals surface area contributed by atoms with Gasteiger partial charge in [0.2, 0.25) is 5.91 Å². The lowest BCUT2D eigenvalue weighted by Crippen LogP contribution is -2.09. The molecule has 2 nitrogen and oxygen atoms in total. The van der Waals surface area contributed by atoms with Crippen molar-refractivity contribution in [3.05, 3.63) is 29.8 Å². The largest absolute Gasteiger partial charge is 0.326 e. The molecule has 1 aromatic rings. The van der Waals surface area contributed by atoms with Crippen LogP contribution in [0.5, 0.6) is 0 Å². The Morgan fingerprint density at radius 2 is 1.92 bits per heavy atom. The fraction of sp³-hybridized carbons (Fsp3) is 0.364. The van der Waals surface area contributed by atoms with Crippen LogP contribution in [0.4, 0.5) is 5.69 Å². The number of hydrogen-bond acceptors (Lipinski definition) is 1. The molecule has 2 heteroatoms. The van der Waals surface area contributed by atoms with Gasteiger partial charge >= 0.3 is 0 Å². The summed E-state index contributed by atoms with van der Waals surface area (Å²) in [5, 5.41) is 2.80. The Labute approximate surface area is 80.5 Å². The van der Waals surface area contributed by atoms with E-state index in [1.807, 2.05) is 31.2 Å². The van der Waals surface area contributed by atoms with Crippen molar-refractivity contribution in [3.8, 4) is 0 Å². The van der Waals surface area contributed by atoms with E-state index in [1.165, 1.54) is 5.56 Å². The minimum absolute atomic E-state index is 0. The standard InChI is InChI=1S/C11H15NO.H2/c1-3-9-5-7-10(8-6-9)12-11(13)4-2;/h5-8H,3-4H2,1-2H3,(H,12,13);1H. The highest BCUT2D eigenvalue weighted by atomic mass is 16.1. The lowest BCUT2D eigenvalue weighted by Gasteiger charge is -2.03. The number of amides is 1. The summed E-state index contributed by atoms with van der Waals surface area (Å²) in [5.74, 6) is 0.0595. The lowest BCUT2D eigenvalue weighted by molar-refractivity contribution is -0.115. The maximum Gasteiger partial charge on any atom is 0.224 e. The number of benzene rings is 1. The Hall–Kier alpha value is -1.31. The molecule has 72 valence electrons.